The molecular formula is C20H26F3N5O5S. The molecule has 2 heterocycles. The van der Waals surface area contributed by atoms with Crippen molar-refractivity contribution in [2.24, 2.45) is 11.7 Å². The molecule has 1 aliphatic rings. The Kier molecular flexibility index (Phi) is 6.50. The predicted molar refractivity (Wildman–Crippen MR) is 118 cm³/mol. The van der Waals surface area contributed by atoms with Gasteiger partial charge in [0, 0.05) is 10.9 Å². The van der Waals surface area contributed by atoms with Gasteiger partial charge in [-0.2, -0.15) is 13.2 Å². The monoisotopic (exact) mass is 505 g/mol. The van der Waals surface area contributed by atoms with Crippen molar-refractivity contribution in [3.8, 4) is 0 Å². The van der Waals surface area contributed by atoms with E-state index in [-0.39, 0.29) is 27.6 Å². The molecule has 188 valence electrons. The maximum absolute atomic E-state index is 13.3. The Hall–Kier alpha value is -3.03. The lowest BCUT2D eigenvalue weighted by Crippen LogP contribution is -2.49. The van der Waals surface area contributed by atoms with Gasteiger partial charge in [-0.05, 0) is 45.6 Å². The SMILES string of the molecule is Cc1c(CN(NC(=O)OC(C)(C)C)C(N)=O)sc2c1c(=O)n([C@H]1C[C@@H]1C)c(=O)n2CC(F)(F)F. The van der Waals surface area contributed by atoms with Crippen LogP contribution in [0.4, 0.5) is 22.8 Å². The van der Waals surface area contributed by atoms with E-state index in [0.717, 1.165) is 20.9 Å². The number of fused-ring (bicyclic) bond motifs is 1. The Bertz CT molecular complexity index is 1260. The molecule has 10 nitrogen and oxygen atoms in total. The number of hydrazine groups is 1. The van der Waals surface area contributed by atoms with Gasteiger partial charge in [0.15, 0.2) is 0 Å². The number of carbonyl (C=O) groups is 2. The van der Waals surface area contributed by atoms with Gasteiger partial charge in [0.05, 0.1) is 11.9 Å². The number of nitrogens with zero attached hydrogens (tertiary/aromatic N) is 3. The number of hydrogen-bond donors (Lipinski definition) is 2. The third-order valence-electron chi connectivity index (χ3n) is 5.27. The highest BCUT2D eigenvalue weighted by Crippen LogP contribution is 2.41. The van der Waals surface area contributed by atoms with Crippen LogP contribution < -0.4 is 22.4 Å². The third kappa shape index (κ3) is 5.37. The third-order valence-corrected chi connectivity index (χ3v) is 6.57. The number of urea groups is 1. The Morgan fingerprint density at radius 1 is 1.26 bits per heavy atom. The molecule has 34 heavy (non-hydrogen) atoms. The molecule has 0 spiro atoms. The first-order chi connectivity index (χ1) is 15.5. The Labute approximate surface area is 196 Å². The van der Waals surface area contributed by atoms with Crippen LogP contribution in [0.3, 0.4) is 0 Å². The van der Waals surface area contributed by atoms with E-state index in [9.17, 15) is 32.3 Å². The maximum atomic E-state index is 13.3. The van der Waals surface area contributed by atoms with Gasteiger partial charge in [0.2, 0.25) is 0 Å². The quantitative estimate of drug-likeness (QED) is 0.618. The number of primary amides is 1. The van der Waals surface area contributed by atoms with E-state index in [2.05, 4.69) is 5.43 Å². The Morgan fingerprint density at radius 3 is 2.32 bits per heavy atom. The first kappa shape index (κ1) is 25.6. The van der Waals surface area contributed by atoms with E-state index in [1.165, 1.54) is 6.92 Å². The van der Waals surface area contributed by atoms with Crippen LogP contribution in [0.25, 0.3) is 10.2 Å². The lowest BCUT2D eigenvalue weighted by Gasteiger charge is -2.24. The molecule has 14 heteroatoms. The summed E-state index contributed by atoms with van der Waals surface area (Å²) in [6.45, 7) is 6.23. The van der Waals surface area contributed by atoms with E-state index in [4.69, 9.17) is 10.5 Å². The largest absolute Gasteiger partial charge is 0.443 e. The summed E-state index contributed by atoms with van der Waals surface area (Å²) in [4.78, 5) is 50.2. The summed E-state index contributed by atoms with van der Waals surface area (Å²) in [6, 6.07) is -1.53. The molecule has 0 saturated heterocycles. The Morgan fingerprint density at radius 2 is 1.85 bits per heavy atom. The molecule has 3 N–H and O–H groups in total. The second kappa shape index (κ2) is 8.64. The molecule has 3 rings (SSSR count). The highest BCUT2D eigenvalue weighted by atomic mass is 32.1. The summed E-state index contributed by atoms with van der Waals surface area (Å²) < 4.78 is 46.4. The number of aryl methyl sites for hydroxylation is 1. The summed E-state index contributed by atoms with van der Waals surface area (Å²) in [6.07, 6.45) is -5.16. The fourth-order valence-corrected chi connectivity index (χ4v) is 4.84. The number of thiophene rings is 1. The van der Waals surface area contributed by atoms with Gasteiger partial charge in [0.25, 0.3) is 5.56 Å². The van der Waals surface area contributed by atoms with Crippen LogP contribution >= 0.6 is 11.3 Å². The summed E-state index contributed by atoms with van der Waals surface area (Å²) in [5.41, 5.74) is 5.25. The van der Waals surface area contributed by atoms with Crippen molar-refractivity contribution < 1.29 is 27.5 Å². The van der Waals surface area contributed by atoms with Crippen LogP contribution in [-0.4, -0.2) is 38.0 Å². The number of alkyl halides is 3. The van der Waals surface area contributed by atoms with E-state index < -0.39 is 47.7 Å². The predicted octanol–water partition coefficient (Wildman–Crippen LogP) is 3.00. The van der Waals surface area contributed by atoms with Crippen molar-refractivity contribution in [1.82, 2.24) is 19.6 Å². The molecule has 2 aromatic rings. The fraction of sp³-hybridized carbons (Fsp3) is 0.600. The van der Waals surface area contributed by atoms with Crippen LogP contribution in [0.1, 0.15) is 50.6 Å². The van der Waals surface area contributed by atoms with Gasteiger partial charge in [-0.3, -0.25) is 13.9 Å². The molecule has 0 unspecified atom stereocenters. The second-order valence-electron chi connectivity index (χ2n) is 9.31. The zero-order chi connectivity index (χ0) is 25.7. The number of nitrogens with two attached hydrogens (primary N) is 1. The normalized spacial score (nSPS) is 18.1. The van der Waals surface area contributed by atoms with Crippen LogP contribution in [0.15, 0.2) is 9.59 Å². The minimum atomic E-state index is -4.70. The van der Waals surface area contributed by atoms with Gasteiger partial charge in [-0.1, -0.05) is 6.92 Å². The van der Waals surface area contributed by atoms with Crippen LogP contribution in [-0.2, 0) is 17.8 Å². The summed E-state index contributed by atoms with van der Waals surface area (Å²) in [7, 11) is 0. The van der Waals surface area contributed by atoms with Crippen molar-refractivity contribution in [2.75, 3.05) is 0 Å². The van der Waals surface area contributed by atoms with E-state index in [0.29, 0.717) is 16.6 Å². The molecule has 0 aliphatic heterocycles. The van der Waals surface area contributed by atoms with Crippen molar-refractivity contribution in [1.29, 1.82) is 0 Å². The summed E-state index contributed by atoms with van der Waals surface area (Å²) in [5.74, 6) is -0.0102. The first-order valence-electron chi connectivity index (χ1n) is 10.4. The highest BCUT2D eigenvalue weighted by molar-refractivity contribution is 7.18. The molecule has 0 aromatic carbocycles. The highest BCUT2D eigenvalue weighted by Gasteiger charge is 2.39. The molecule has 1 fully saturated rings. The van der Waals surface area contributed by atoms with Crippen LogP contribution in [0.2, 0.25) is 0 Å². The molecule has 1 saturated carbocycles. The van der Waals surface area contributed by atoms with Crippen LogP contribution in [0.5, 0.6) is 0 Å². The zero-order valence-electron chi connectivity index (χ0n) is 19.3. The Balaban J connectivity index is 2.10. The van der Waals surface area contributed by atoms with Gasteiger partial charge < -0.3 is 10.5 Å². The summed E-state index contributed by atoms with van der Waals surface area (Å²) >= 11 is 0.755. The molecule has 3 amide bonds. The number of aromatic nitrogens is 2. The van der Waals surface area contributed by atoms with Gasteiger partial charge >= 0.3 is 24.0 Å². The molecule has 0 radical (unpaired) electrons. The van der Waals surface area contributed by atoms with E-state index >= 15 is 0 Å². The maximum Gasteiger partial charge on any atom is 0.426 e. The number of amides is 3. The topological polar surface area (TPSA) is 129 Å². The van der Waals surface area contributed by atoms with E-state index in [1.807, 2.05) is 0 Å². The number of hydrogen-bond acceptors (Lipinski definition) is 6. The number of rotatable bonds is 4. The number of carbonyl (C=O) groups excluding carboxylic acids is 2. The summed E-state index contributed by atoms with van der Waals surface area (Å²) in [5, 5.41) is 0.684. The van der Waals surface area contributed by atoms with Crippen molar-refractivity contribution >= 4 is 33.7 Å². The lowest BCUT2D eigenvalue weighted by molar-refractivity contribution is -0.140. The molecule has 1 aliphatic carbocycles. The van der Waals surface area contributed by atoms with Crippen molar-refractivity contribution in [2.45, 2.75) is 71.9 Å². The average molecular weight is 506 g/mol. The van der Waals surface area contributed by atoms with Crippen molar-refractivity contribution in [3.05, 3.63) is 31.3 Å². The number of halogens is 3. The lowest BCUT2D eigenvalue weighted by atomic mass is 10.2. The minimum Gasteiger partial charge on any atom is -0.443 e. The molecule has 0 bridgehead atoms. The molecule has 2 atom stereocenters. The van der Waals surface area contributed by atoms with E-state index in [1.54, 1.807) is 27.7 Å². The average Bonchev–Trinajstić information content (AvgIpc) is 3.26. The smallest absolute Gasteiger partial charge is 0.426 e. The second-order valence-corrected chi connectivity index (χ2v) is 10.4. The zero-order valence-corrected chi connectivity index (χ0v) is 20.1. The fourth-order valence-electron chi connectivity index (χ4n) is 3.56. The van der Waals surface area contributed by atoms with Crippen molar-refractivity contribution in [3.63, 3.8) is 0 Å². The molecule has 2 aromatic heterocycles. The van der Waals surface area contributed by atoms with Gasteiger partial charge in [-0.25, -0.2) is 24.8 Å². The standard InChI is InChI=1S/C20H26F3N5O5S/c1-9-6-11(9)28-14(29)13-10(2)12(34-15(13)26(18(28)32)8-20(21,22)23)7-27(16(24)30)25-17(31)33-19(3,4)5/h9,11H,6-8H2,1-5H3,(H2,24,30)(H,25,31)/t9-,11-/m0/s1. The minimum absolute atomic E-state index is 0.0102. The van der Waals surface area contributed by atoms with Gasteiger partial charge in [0.1, 0.15) is 17.0 Å². The number of nitrogens with one attached hydrogen (secondary N) is 1. The first-order valence-corrected chi connectivity index (χ1v) is 11.2. The number of ether oxygens (including phenoxy) is 1. The molecular weight excluding hydrogens is 479 g/mol. The van der Waals surface area contributed by atoms with Crippen LogP contribution in [0, 0.1) is 12.8 Å². The van der Waals surface area contributed by atoms with Gasteiger partial charge in [-0.15, -0.1) is 11.3 Å².